The summed E-state index contributed by atoms with van der Waals surface area (Å²) in [5, 5.41) is 7.06. The van der Waals surface area contributed by atoms with E-state index >= 15 is 0 Å². The maximum atomic E-state index is 14.5. The Kier molecular flexibility index (Phi) is 15.5. The Morgan fingerprint density at radius 2 is 1.43 bits per heavy atom. The molecule has 0 saturated carbocycles. The first kappa shape index (κ1) is 50.3. The predicted octanol–water partition coefficient (Wildman–Crippen LogP) is 5.09. The molecule has 354 valence electrons. The maximum Gasteiger partial charge on any atom is 0.403 e. The number of fused-ring (bicyclic) bond motifs is 2. The Morgan fingerprint density at radius 3 is 2.06 bits per heavy atom. The summed E-state index contributed by atoms with van der Waals surface area (Å²) in [5.74, 6) is -16.1. The number of nitrogens with one attached hydrogen (secondary N) is 4. The normalized spacial score (nSPS) is 13.0. The average molecular weight is 949 g/mol. The molecule has 4 N–H and O–H groups in total. The standard InChI is InChI=1S/C44H36F8N4O11/c1-20-13-23(9-11-25(20)36-26-14-24(45)10-12-32(26)67-33-17-30(57)28(46)15-27(33)36)40(62)53-18-34(59)56-37(38(43(47,48)49)44(50,51)52)41(63)54-21(2)39(61)55-29(16-35(60)65-3)31(58)19-66-42(64)22-7-5-4-6-8-22/h4-15,17,21,29,37-38H,16,18-19H2,1-3H3,(H,53,62)(H,54,63)(H,55,61)(H,56,59). The lowest BCUT2D eigenvalue weighted by Gasteiger charge is -2.31. The number of hydrogen-bond acceptors (Lipinski definition) is 11. The summed E-state index contributed by atoms with van der Waals surface area (Å²) in [5.41, 5.74) is -0.313. The number of carbonyl (C=O) groups is 7. The lowest BCUT2D eigenvalue weighted by Crippen LogP contribution is -2.62. The molecule has 3 atom stereocenters. The minimum Gasteiger partial charge on any atom is -0.469 e. The number of amides is 4. The van der Waals surface area contributed by atoms with E-state index in [0.29, 0.717) is 0 Å². The summed E-state index contributed by atoms with van der Waals surface area (Å²) in [6.07, 6.45) is -13.4. The second-order valence-corrected chi connectivity index (χ2v) is 14.7. The van der Waals surface area contributed by atoms with Crippen molar-refractivity contribution in [2.24, 2.45) is 5.92 Å². The molecule has 3 aromatic carbocycles. The van der Waals surface area contributed by atoms with Crippen molar-refractivity contribution in [1.82, 2.24) is 21.3 Å². The van der Waals surface area contributed by atoms with Crippen LogP contribution < -0.4 is 26.7 Å². The van der Waals surface area contributed by atoms with Crippen LogP contribution in [0.3, 0.4) is 0 Å². The topological polar surface area (TPSA) is 216 Å². The van der Waals surface area contributed by atoms with Crippen LogP contribution in [0.25, 0.3) is 33.4 Å². The number of hydrogen-bond donors (Lipinski definition) is 4. The number of ketones is 1. The van der Waals surface area contributed by atoms with E-state index in [4.69, 9.17) is 9.15 Å². The highest BCUT2D eigenvalue weighted by Crippen LogP contribution is 2.43. The van der Waals surface area contributed by atoms with Gasteiger partial charge in [-0.15, -0.1) is 0 Å². The fourth-order valence-corrected chi connectivity index (χ4v) is 6.65. The van der Waals surface area contributed by atoms with Crippen molar-refractivity contribution in [2.45, 2.75) is 50.7 Å². The summed E-state index contributed by atoms with van der Waals surface area (Å²) in [6, 6.07) is 8.75. The minimum absolute atomic E-state index is 0.0214. The van der Waals surface area contributed by atoms with Crippen LogP contribution in [0.2, 0.25) is 0 Å². The van der Waals surface area contributed by atoms with E-state index in [1.54, 1.807) is 11.4 Å². The van der Waals surface area contributed by atoms with E-state index in [-0.39, 0.29) is 50.1 Å². The van der Waals surface area contributed by atoms with Crippen molar-refractivity contribution < 1.29 is 82.6 Å². The lowest BCUT2D eigenvalue weighted by atomic mass is 9.90. The molecule has 4 amide bonds. The van der Waals surface area contributed by atoms with Crippen molar-refractivity contribution in [2.75, 3.05) is 20.3 Å². The molecule has 1 heterocycles. The van der Waals surface area contributed by atoms with Gasteiger partial charge in [-0.1, -0.05) is 24.3 Å². The zero-order valence-electron chi connectivity index (χ0n) is 35.0. The van der Waals surface area contributed by atoms with Crippen LogP contribution >= 0.6 is 0 Å². The molecule has 1 aliphatic carbocycles. The predicted molar refractivity (Wildman–Crippen MR) is 217 cm³/mol. The first-order valence-electron chi connectivity index (χ1n) is 19.5. The Bertz CT molecular complexity index is 2750. The van der Waals surface area contributed by atoms with Crippen LogP contribution in [0.1, 0.15) is 39.6 Å². The molecule has 2 aliphatic rings. The molecule has 3 aromatic rings. The fraction of sp³-hybridized carbons (Fsp3) is 0.273. The Morgan fingerprint density at radius 1 is 0.761 bits per heavy atom. The van der Waals surface area contributed by atoms with Crippen LogP contribution in [-0.2, 0) is 33.4 Å². The number of ether oxygens (including phenoxy) is 2. The maximum absolute atomic E-state index is 14.5. The number of Topliss-reactive ketones (excluding diaryl/α,β-unsaturated/α-hetero) is 1. The number of halogens is 8. The summed E-state index contributed by atoms with van der Waals surface area (Å²) in [6.45, 7) is -0.0839. The summed E-state index contributed by atoms with van der Waals surface area (Å²) >= 11 is 0. The number of methoxy groups -OCH3 is 1. The molecule has 15 nitrogen and oxygen atoms in total. The first-order valence-corrected chi connectivity index (χ1v) is 19.5. The van der Waals surface area contributed by atoms with Gasteiger partial charge in [0.25, 0.3) is 5.91 Å². The van der Waals surface area contributed by atoms with Crippen LogP contribution in [0.15, 0.2) is 88.1 Å². The number of aryl methyl sites for hydroxylation is 1. The van der Waals surface area contributed by atoms with Gasteiger partial charge < -0.3 is 35.2 Å². The van der Waals surface area contributed by atoms with Crippen molar-refractivity contribution in [3.8, 4) is 22.5 Å². The van der Waals surface area contributed by atoms with Gasteiger partial charge in [0.05, 0.1) is 25.6 Å². The number of alkyl halides is 6. The third-order valence-corrected chi connectivity index (χ3v) is 9.95. The van der Waals surface area contributed by atoms with Gasteiger partial charge in [-0.2, -0.15) is 26.3 Å². The fourth-order valence-electron chi connectivity index (χ4n) is 6.65. The molecule has 0 spiro atoms. The van der Waals surface area contributed by atoms with E-state index in [1.165, 1.54) is 60.8 Å². The molecule has 0 fully saturated rings. The molecular weight excluding hydrogens is 912 g/mol. The SMILES string of the molecule is COC(=O)CC(NC(=O)C(C)NC(=O)C(NC(=O)CNC(=O)c1ccc(-c2c3cc(F)c(=O)cc-3oc3ccc(F)cc23)c(C)c1)C(C(F)(F)F)C(F)(F)F)C(=O)COC(=O)c1ccccc1. The molecule has 67 heavy (non-hydrogen) atoms. The van der Waals surface area contributed by atoms with E-state index < -0.39 is 114 Å². The average Bonchev–Trinajstić information content (AvgIpc) is 3.26. The summed E-state index contributed by atoms with van der Waals surface area (Å²) in [7, 11) is 0.911. The molecule has 1 aliphatic heterocycles. The van der Waals surface area contributed by atoms with Crippen LogP contribution in [0, 0.1) is 24.5 Å². The molecule has 0 aromatic heterocycles. The molecule has 5 rings (SSSR count). The highest BCUT2D eigenvalue weighted by Gasteiger charge is 2.62. The zero-order chi connectivity index (χ0) is 49.5. The monoisotopic (exact) mass is 948 g/mol. The quantitative estimate of drug-likeness (QED) is 0.0581. The number of carbonyl (C=O) groups excluding carboxylic acids is 7. The Labute approximate surface area is 372 Å². The van der Waals surface area contributed by atoms with E-state index in [9.17, 15) is 73.5 Å². The Balaban J connectivity index is 1.31. The number of rotatable bonds is 16. The first-order chi connectivity index (χ1) is 31.4. The van der Waals surface area contributed by atoms with Gasteiger partial charge in [-0.05, 0) is 73.5 Å². The largest absolute Gasteiger partial charge is 0.469 e. The molecule has 23 heteroatoms. The lowest BCUT2D eigenvalue weighted by molar-refractivity contribution is -0.289. The Hall–Kier alpha value is -7.72. The van der Waals surface area contributed by atoms with Crippen LogP contribution in [0.5, 0.6) is 0 Å². The molecule has 0 radical (unpaired) electrons. The van der Waals surface area contributed by atoms with Crippen molar-refractivity contribution >= 4 is 52.3 Å². The van der Waals surface area contributed by atoms with E-state index in [0.717, 1.165) is 38.3 Å². The van der Waals surface area contributed by atoms with Crippen LogP contribution in [0.4, 0.5) is 35.1 Å². The van der Waals surface area contributed by atoms with Gasteiger partial charge in [0.15, 0.2) is 24.1 Å². The number of benzene rings is 4. The van der Waals surface area contributed by atoms with Crippen molar-refractivity contribution in [3.05, 3.63) is 117 Å². The van der Waals surface area contributed by atoms with Gasteiger partial charge in [0.2, 0.25) is 23.2 Å². The van der Waals surface area contributed by atoms with Crippen molar-refractivity contribution in [3.63, 3.8) is 0 Å². The molecule has 0 bridgehead atoms. The highest BCUT2D eigenvalue weighted by molar-refractivity contribution is 6.04. The smallest absolute Gasteiger partial charge is 0.403 e. The van der Waals surface area contributed by atoms with Gasteiger partial charge in [-0.25, -0.2) is 13.6 Å². The van der Waals surface area contributed by atoms with Gasteiger partial charge in [0.1, 0.15) is 35.3 Å². The van der Waals surface area contributed by atoms with Gasteiger partial charge >= 0.3 is 24.3 Å². The van der Waals surface area contributed by atoms with Crippen molar-refractivity contribution in [1.29, 1.82) is 0 Å². The zero-order valence-corrected chi connectivity index (χ0v) is 35.0. The van der Waals surface area contributed by atoms with Crippen LogP contribution in [-0.4, -0.2) is 92.1 Å². The van der Waals surface area contributed by atoms with E-state index in [1.807, 2.05) is 10.6 Å². The molecule has 3 unspecified atom stereocenters. The summed E-state index contributed by atoms with van der Waals surface area (Å²) < 4.78 is 128. The second kappa shape index (κ2) is 20.6. The third kappa shape index (κ3) is 12.3. The van der Waals surface area contributed by atoms with Gasteiger partial charge in [-0.3, -0.25) is 33.6 Å². The second-order valence-electron chi connectivity index (χ2n) is 14.7. The van der Waals surface area contributed by atoms with Gasteiger partial charge in [0, 0.05) is 28.1 Å². The highest BCUT2D eigenvalue weighted by atomic mass is 19.4. The minimum atomic E-state index is -6.24. The molecular formula is C44H36F8N4O11. The third-order valence-electron chi connectivity index (χ3n) is 9.95. The summed E-state index contributed by atoms with van der Waals surface area (Å²) in [4.78, 5) is 102. The van der Waals surface area contributed by atoms with E-state index in [2.05, 4.69) is 4.74 Å². The number of esters is 2. The molecule has 0 saturated heterocycles.